The molecule has 1 amide bonds. The molecular formula is C15H21ClN2OS. The van der Waals surface area contributed by atoms with Crippen molar-refractivity contribution in [3.63, 3.8) is 0 Å². The first kappa shape index (κ1) is 15.7. The summed E-state index contributed by atoms with van der Waals surface area (Å²) in [5, 5.41) is 6.48. The lowest BCUT2D eigenvalue weighted by atomic mass is 9.88. The molecule has 2 atom stereocenters. The van der Waals surface area contributed by atoms with Crippen molar-refractivity contribution < 1.29 is 4.79 Å². The van der Waals surface area contributed by atoms with Gasteiger partial charge in [0.15, 0.2) is 0 Å². The molecular weight excluding hydrogens is 292 g/mol. The van der Waals surface area contributed by atoms with Crippen LogP contribution in [0.2, 0.25) is 0 Å². The van der Waals surface area contributed by atoms with E-state index in [1.54, 1.807) is 0 Å². The van der Waals surface area contributed by atoms with Gasteiger partial charge in [0.2, 0.25) is 5.91 Å². The molecule has 3 rings (SSSR count). The molecule has 110 valence electrons. The fourth-order valence-electron chi connectivity index (χ4n) is 2.67. The lowest BCUT2D eigenvalue weighted by Crippen LogP contribution is -2.50. The second-order valence-electron chi connectivity index (χ2n) is 5.44. The van der Waals surface area contributed by atoms with E-state index in [2.05, 4.69) is 34.9 Å². The Bertz CT molecular complexity index is 479. The first-order valence-corrected chi connectivity index (χ1v) is 7.97. The zero-order chi connectivity index (χ0) is 13.2. The van der Waals surface area contributed by atoms with Crippen LogP contribution in [0.5, 0.6) is 0 Å². The Kier molecular flexibility index (Phi) is 5.35. The number of fused-ring (bicyclic) bond motifs is 1. The average molecular weight is 313 g/mol. The summed E-state index contributed by atoms with van der Waals surface area (Å²) in [5.41, 5.74) is 1.28. The first-order chi connectivity index (χ1) is 9.25. The summed E-state index contributed by atoms with van der Waals surface area (Å²) in [4.78, 5) is 13.6. The zero-order valence-electron chi connectivity index (χ0n) is 11.6. The van der Waals surface area contributed by atoms with Crippen molar-refractivity contribution in [1.29, 1.82) is 0 Å². The number of carbonyl (C=O) groups is 1. The number of nitrogens with one attached hydrogen (secondary N) is 2. The summed E-state index contributed by atoms with van der Waals surface area (Å²) in [6.07, 6.45) is 1.03. The molecule has 0 aliphatic carbocycles. The van der Waals surface area contributed by atoms with Crippen molar-refractivity contribution in [1.82, 2.24) is 10.6 Å². The van der Waals surface area contributed by atoms with Crippen molar-refractivity contribution in [3.05, 3.63) is 29.8 Å². The van der Waals surface area contributed by atoms with Gasteiger partial charge in [-0.2, -0.15) is 0 Å². The quantitative estimate of drug-likeness (QED) is 0.901. The second-order valence-corrected chi connectivity index (χ2v) is 6.58. The van der Waals surface area contributed by atoms with E-state index in [0.29, 0.717) is 5.92 Å². The molecule has 0 bridgehead atoms. The monoisotopic (exact) mass is 312 g/mol. The van der Waals surface area contributed by atoms with E-state index >= 15 is 0 Å². The van der Waals surface area contributed by atoms with Crippen molar-refractivity contribution >= 4 is 30.1 Å². The summed E-state index contributed by atoms with van der Waals surface area (Å²) in [6, 6.07) is 8.61. The molecule has 2 heterocycles. The van der Waals surface area contributed by atoms with Crippen molar-refractivity contribution in [2.24, 2.45) is 11.8 Å². The topological polar surface area (TPSA) is 41.1 Å². The minimum Gasteiger partial charge on any atom is -0.349 e. The van der Waals surface area contributed by atoms with Crippen molar-refractivity contribution in [3.8, 4) is 0 Å². The van der Waals surface area contributed by atoms with Gasteiger partial charge in [0.25, 0.3) is 0 Å². The van der Waals surface area contributed by atoms with Crippen LogP contribution >= 0.6 is 24.2 Å². The number of amides is 1. The van der Waals surface area contributed by atoms with Crippen LogP contribution in [0.4, 0.5) is 0 Å². The molecule has 20 heavy (non-hydrogen) atoms. The Morgan fingerprint density at radius 1 is 1.40 bits per heavy atom. The van der Waals surface area contributed by atoms with Crippen LogP contribution in [0, 0.1) is 11.8 Å². The third-order valence-corrected chi connectivity index (χ3v) is 5.33. The van der Waals surface area contributed by atoms with Crippen molar-refractivity contribution in [2.75, 3.05) is 18.8 Å². The minimum atomic E-state index is 0. The highest BCUT2D eigenvalue weighted by Gasteiger charge is 2.31. The number of benzene rings is 1. The van der Waals surface area contributed by atoms with Gasteiger partial charge < -0.3 is 10.6 Å². The molecule has 1 aromatic carbocycles. The van der Waals surface area contributed by atoms with E-state index in [9.17, 15) is 4.79 Å². The zero-order valence-corrected chi connectivity index (χ0v) is 13.2. The SMILES string of the molecule is CC(C(=O)NC1CCSc2ccccc21)C1CNC1.Cl. The molecule has 2 aliphatic rings. The Morgan fingerprint density at radius 2 is 2.15 bits per heavy atom. The smallest absolute Gasteiger partial charge is 0.223 e. The largest absolute Gasteiger partial charge is 0.349 e. The Hall–Kier alpha value is -0.710. The molecule has 1 fully saturated rings. The fraction of sp³-hybridized carbons (Fsp3) is 0.533. The number of carbonyl (C=O) groups excluding carboxylic acids is 1. The molecule has 0 aromatic heterocycles. The molecule has 5 heteroatoms. The lowest BCUT2D eigenvalue weighted by Gasteiger charge is -2.33. The Balaban J connectivity index is 0.00000147. The Labute approximate surface area is 130 Å². The summed E-state index contributed by atoms with van der Waals surface area (Å²) < 4.78 is 0. The van der Waals surface area contributed by atoms with E-state index < -0.39 is 0 Å². The number of hydrogen-bond acceptors (Lipinski definition) is 3. The number of thioether (sulfide) groups is 1. The highest BCUT2D eigenvalue weighted by molar-refractivity contribution is 7.99. The molecule has 0 spiro atoms. The van der Waals surface area contributed by atoms with Crippen LogP contribution < -0.4 is 10.6 Å². The molecule has 0 saturated carbocycles. The normalized spacial score (nSPS) is 22.9. The van der Waals surface area contributed by atoms with Crippen LogP contribution in [0.25, 0.3) is 0 Å². The van der Waals surface area contributed by atoms with Gasteiger partial charge in [0, 0.05) is 16.6 Å². The summed E-state index contributed by atoms with van der Waals surface area (Å²) in [7, 11) is 0. The second kappa shape index (κ2) is 6.83. The van der Waals surface area contributed by atoms with Gasteiger partial charge in [-0.15, -0.1) is 24.2 Å². The van der Waals surface area contributed by atoms with E-state index in [0.717, 1.165) is 25.3 Å². The van der Waals surface area contributed by atoms with Crippen LogP contribution in [-0.4, -0.2) is 24.7 Å². The van der Waals surface area contributed by atoms with E-state index in [1.165, 1.54) is 10.5 Å². The number of halogens is 1. The number of hydrogen-bond donors (Lipinski definition) is 2. The van der Waals surface area contributed by atoms with Gasteiger partial charge in [-0.3, -0.25) is 4.79 Å². The summed E-state index contributed by atoms with van der Waals surface area (Å²) in [6.45, 7) is 4.00. The highest BCUT2D eigenvalue weighted by atomic mass is 35.5. The van der Waals surface area contributed by atoms with Crippen LogP contribution in [0.3, 0.4) is 0 Å². The number of rotatable bonds is 3. The summed E-state index contributed by atoms with van der Waals surface area (Å²) in [5.74, 6) is 1.91. The predicted octanol–water partition coefficient (Wildman–Crippen LogP) is 2.62. The van der Waals surface area contributed by atoms with Gasteiger partial charge in [0.05, 0.1) is 6.04 Å². The molecule has 2 unspecified atom stereocenters. The third-order valence-electron chi connectivity index (χ3n) is 4.21. The molecule has 3 nitrogen and oxygen atoms in total. The molecule has 1 saturated heterocycles. The highest BCUT2D eigenvalue weighted by Crippen LogP contribution is 2.36. The maximum Gasteiger partial charge on any atom is 0.223 e. The first-order valence-electron chi connectivity index (χ1n) is 6.98. The van der Waals surface area contributed by atoms with Gasteiger partial charge in [-0.25, -0.2) is 0 Å². The van der Waals surface area contributed by atoms with Crippen molar-refractivity contribution in [2.45, 2.75) is 24.3 Å². The van der Waals surface area contributed by atoms with Crippen LogP contribution in [0.1, 0.15) is 24.9 Å². The molecule has 2 N–H and O–H groups in total. The van der Waals surface area contributed by atoms with E-state index in [4.69, 9.17) is 0 Å². The fourth-order valence-corrected chi connectivity index (χ4v) is 3.80. The maximum atomic E-state index is 12.3. The van der Waals surface area contributed by atoms with E-state index in [-0.39, 0.29) is 30.3 Å². The summed E-state index contributed by atoms with van der Waals surface area (Å²) >= 11 is 1.89. The predicted molar refractivity (Wildman–Crippen MR) is 85.4 cm³/mol. The van der Waals surface area contributed by atoms with Gasteiger partial charge in [-0.05, 0) is 37.1 Å². The van der Waals surface area contributed by atoms with Gasteiger partial charge >= 0.3 is 0 Å². The minimum absolute atomic E-state index is 0. The van der Waals surface area contributed by atoms with Crippen LogP contribution in [-0.2, 0) is 4.79 Å². The average Bonchev–Trinajstić information content (AvgIpc) is 2.37. The van der Waals surface area contributed by atoms with Gasteiger partial charge in [0.1, 0.15) is 0 Å². The Morgan fingerprint density at radius 3 is 2.85 bits per heavy atom. The molecule has 1 aromatic rings. The van der Waals surface area contributed by atoms with Gasteiger partial charge in [-0.1, -0.05) is 25.1 Å². The maximum absolute atomic E-state index is 12.3. The molecule has 2 aliphatic heterocycles. The van der Waals surface area contributed by atoms with Crippen LogP contribution in [0.15, 0.2) is 29.2 Å². The molecule has 0 radical (unpaired) electrons. The third kappa shape index (κ3) is 3.13. The lowest BCUT2D eigenvalue weighted by molar-refractivity contribution is -0.127. The standard InChI is InChI=1S/C15H20N2OS.ClH/c1-10(11-8-16-9-11)15(18)17-13-6-7-19-14-5-3-2-4-12(13)14;/h2-5,10-11,13,16H,6-9H2,1H3,(H,17,18);1H. The van der Waals surface area contributed by atoms with E-state index in [1.807, 2.05) is 18.7 Å².